The van der Waals surface area contributed by atoms with Gasteiger partial charge in [-0.3, -0.25) is 0 Å². The minimum atomic E-state index is -3.55. The number of hydrogen-bond donors (Lipinski definition) is 2. The van der Waals surface area contributed by atoms with Crippen LogP contribution in [0.3, 0.4) is 0 Å². The first kappa shape index (κ1) is 14.4. The molecule has 0 spiro atoms. The Morgan fingerprint density at radius 2 is 2.18 bits per heavy atom. The molecule has 0 saturated heterocycles. The molecule has 0 aliphatic heterocycles. The van der Waals surface area contributed by atoms with Crippen LogP contribution in [0.15, 0.2) is 27.6 Å². The first-order valence-corrected chi connectivity index (χ1v) is 7.20. The Labute approximate surface area is 110 Å². The van der Waals surface area contributed by atoms with Crippen LogP contribution in [-0.2, 0) is 14.8 Å². The Morgan fingerprint density at radius 1 is 1.53 bits per heavy atom. The second kappa shape index (κ2) is 5.81. The maximum Gasteiger partial charge on any atom is 0.240 e. The first-order valence-electron chi connectivity index (χ1n) is 4.93. The molecule has 1 aromatic rings. The van der Waals surface area contributed by atoms with Gasteiger partial charge in [0.05, 0.1) is 11.5 Å². The average Bonchev–Trinajstić information content (AvgIpc) is 2.21. The minimum Gasteiger partial charge on any atom is -0.398 e. The van der Waals surface area contributed by atoms with Gasteiger partial charge in [-0.2, -0.15) is 0 Å². The number of benzene rings is 1. The van der Waals surface area contributed by atoms with E-state index in [9.17, 15) is 8.42 Å². The van der Waals surface area contributed by atoms with E-state index in [1.54, 1.807) is 13.0 Å². The lowest BCUT2D eigenvalue weighted by atomic mass is 10.3. The van der Waals surface area contributed by atoms with E-state index >= 15 is 0 Å². The number of anilines is 1. The first-order chi connectivity index (χ1) is 7.86. The molecular formula is C10H15BrN2O3S. The Kier molecular flexibility index (Phi) is 4.93. The number of hydrogen-bond acceptors (Lipinski definition) is 4. The second-order valence-electron chi connectivity index (χ2n) is 3.66. The van der Waals surface area contributed by atoms with Crippen molar-refractivity contribution >= 4 is 31.6 Å². The number of halogens is 1. The molecule has 0 aliphatic rings. The molecule has 0 aromatic heterocycles. The van der Waals surface area contributed by atoms with E-state index in [2.05, 4.69) is 20.7 Å². The van der Waals surface area contributed by atoms with Gasteiger partial charge in [0, 0.05) is 23.3 Å². The fraction of sp³-hybridized carbons (Fsp3) is 0.400. The molecule has 0 fully saturated rings. The molecule has 0 bridgehead atoms. The molecular weight excluding hydrogens is 308 g/mol. The van der Waals surface area contributed by atoms with Crippen LogP contribution in [0.25, 0.3) is 0 Å². The number of methoxy groups -OCH3 is 1. The third-order valence-electron chi connectivity index (χ3n) is 2.05. The summed E-state index contributed by atoms with van der Waals surface area (Å²) >= 11 is 3.21. The molecule has 3 N–H and O–H groups in total. The maximum absolute atomic E-state index is 11.9. The van der Waals surface area contributed by atoms with Crippen LogP contribution in [0.1, 0.15) is 6.92 Å². The standard InChI is InChI=1S/C10H15BrN2O3S/c1-7(6-16-2)13-17(14,15)8-3-4-9(11)10(12)5-8/h3-5,7,13H,6,12H2,1-2H3. The number of nitrogens with one attached hydrogen (secondary N) is 1. The lowest BCUT2D eigenvalue weighted by molar-refractivity contribution is 0.180. The van der Waals surface area contributed by atoms with E-state index < -0.39 is 10.0 Å². The number of nitrogen functional groups attached to an aromatic ring is 1. The quantitative estimate of drug-likeness (QED) is 0.802. The van der Waals surface area contributed by atoms with Crippen LogP contribution in [0.5, 0.6) is 0 Å². The average molecular weight is 323 g/mol. The summed E-state index contributed by atoms with van der Waals surface area (Å²) in [5.74, 6) is 0. The van der Waals surface area contributed by atoms with Crippen molar-refractivity contribution in [1.82, 2.24) is 4.72 Å². The molecule has 0 amide bonds. The van der Waals surface area contributed by atoms with E-state index in [1.807, 2.05) is 0 Å². The second-order valence-corrected chi connectivity index (χ2v) is 6.23. The highest BCUT2D eigenvalue weighted by molar-refractivity contribution is 9.10. The van der Waals surface area contributed by atoms with Crippen molar-refractivity contribution in [3.63, 3.8) is 0 Å². The van der Waals surface area contributed by atoms with E-state index in [0.29, 0.717) is 16.8 Å². The lowest BCUT2D eigenvalue weighted by Gasteiger charge is -2.13. The van der Waals surface area contributed by atoms with Crippen LogP contribution in [0.4, 0.5) is 5.69 Å². The summed E-state index contributed by atoms with van der Waals surface area (Å²) in [7, 11) is -2.04. The summed E-state index contributed by atoms with van der Waals surface area (Å²) in [5.41, 5.74) is 6.02. The van der Waals surface area contributed by atoms with Gasteiger partial charge in [-0.05, 0) is 41.1 Å². The monoisotopic (exact) mass is 322 g/mol. The third-order valence-corrected chi connectivity index (χ3v) is 4.36. The summed E-state index contributed by atoms with van der Waals surface area (Å²) in [4.78, 5) is 0.140. The Hall–Kier alpha value is -0.630. The molecule has 17 heavy (non-hydrogen) atoms. The van der Waals surface area contributed by atoms with Crippen molar-refractivity contribution in [3.05, 3.63) is 22.7 Å². The zero-order valence-corrected chi connectivity index (χ0v) is 12.0. The SMILES string of the molecule is COCC(C)NS(=O)(=O)c1ccc(Br)c(N)c1. The van der Waals surface area contributed by atoms with Crippen molar-refractivity contribution in [2.24, 2.45) is 0 Å². The van der Waals surface area contributed by atoms with Gasteiger partial charge >= 0.3 is 0 Å². The molecule has 7 heteroatoms. The van der Waals surface area contributed by atoms with Crippen molar-refractivity contribution in [2.45, 2.75) is 17.9 Å². The van der Waals surface area contributed by atoms with Gasteiger partial charge in [-0.25, -0.2) is 13.1 Å². The molecule has 5 nitrogen and oxygen atoms in total. The highest BCUT2D eigenvalue weighted by atomic mass is 79.9. The summed E-state index contributed by atoms with van der Waals surface area (Å²) in [6, 6.07) is 4.20. The van der Waals surface area contributed by atoms with Crippen LogP contribution >= 0.6 is 15.9 Å². The Balaban J connectivity index is 2.93. The van der Waals surface area contributed by atoms with E-state index in [1.165, 1.54) is 19.2 Å². The number of nitrogens with two attached hydrogens (primary N) is 1. The Morgan fingerprint density at radius 3 is 2.71 bits per heavy atom. The molecule has 0 heterocycles. The molecule has 1 atom stereocenters. The molecule has 0 aliphatic carbocycles. The molecule has 1 unspecified atom stereocenters. The normalized spacial score (nSPS) is 13.6. The van der Waals surface area contributed by atoms with Crippen LogP contribution < -0.4 is 10.5 Å². The van der Waals surface area contributed by atoms with E-state index in [0.717, 1.165) is 0 Å². The van der Waals surface area contributed by atoms with Crippen molar-refractivity contribution in [2.75, 3.05) is 19.5 Å². The summed E-state index contributed by atoms with van der Waals surface area (Å²) in [5, 5.41) is 0. The molecule has 0 saturated carbocycles. The largest absolute Gasteiger partial charge is 0.398 e. The predicted octanol–water partition coefficient (Wildman–Crippen LogP) is 1.34. The zero-order valence-electron chi connectivity index (χ0n) is 9.60. The van der Waals surface area contributed by atoms with Gasteiger partial charge in [0.1, 0.15) is 0 Å². The number of rotatable bonds is 5. The van der Waals surface area contributed by atoms with E-state index in [4.69, 9.17) is 10.5 Å². The van der Waals surface area contributed by atoms with Crippen LogP contribution in [-0.4, -0.2) is 28.2 Å². The smallest absolute Gasteiger partial charge is 0.240 e. The maximum atomic E-state index is 11.9. The van der Waals surface area contributed by atoms with Crippen LogP contribution in [0.2, 0.25) is 0 Å². The topological polar surface area (TPSA) is 81.4 Å². The van der Waals surface area contributed by atoms with Gasteiger partial charge in [0.25, 0.3) is 0 Å². The summed E-state index contributed by atoms with van der Waals surface area (Å²) in [6.07, 6.45) is 0. The van der Waals surface area contributed by atoms with Crippen molar-refractivity contribution < 1.29 is 13.2 Å². The number of sulfonamides is 1. The molecule has 1 aromatic carbocycles. The fourth-order valence-corrected chi connectivity index (χ4v) is 2.82. The van der Waals surface area contributed by atoms with Gasteiger partial charge in [-0.1, -0.05) is 0 Å². The van der Waals surface area contributed by atoms with Gasteiger partial charge in [-0.15, -0.1) is 0 Å². The highest BCUT2D eigenvalue weighted by Crippen LogP contribution is 2.22. The Bertz CT molecular complexity index is 490. The highest BCUT2D eigenvalue weighted by Gasteiger charge is 2.17. The van der Waals surface area contributed by atoms with E-state index in [-0.39, 0.29) is 10.9 Å². The fourth-order valence-electron chi connectivity index (χ4n) is 1.31. The molecule has 1 rings (SSSR count). The third kappa shape index (κ3) is 3.95. The molecule has 0 radical (unpaired) electrons. The van der Waals surface area contributed by atoms with Gasteiger partial charge in [0.2, 0.25) is 10.0 Å². The van der Waals surface area contributed by atoms with Crippen molar-refractivity contribution in [3.8, 4) is 0 Å². The predicted molar refractivity (Wildman–Crippen MR) is 70.2 cm³/mol. The molecule has 96 valence electrons. The number of ether oxygens (including phenoxy) is 1. The summed E-state index contributed by atoms with van der Waals surface area (Å²) < 4.78 is 31.9. The van der Waals surface area contributed by atoms with Crippen LogP contribution in [0, 0.1) is 0 Å². The van der Waals surface area contributed by atoms with Crippen molar-refractivity contribution in [1.29, 1.82) is 0 Å². The lowest BCUT2D eigenvalue weighted by Crippen LogP contribution is -2.35. The zero-order chi connectivity index (χ0) is 13.1. The van der Waals surface area contributed by atoms with Gasteiger partial charge in [0.15, 0.2) is 0 Å². The van der Waals surface area contributed by atoms with Gasteiger partial charge < -0.3 is 10.5 Å². The summed E-state index contributed by atoms with van der Waals surface area (Å²) in [6.45, 7) is 2.04. The minimum absolute atomic E-state index is 0.140.